The maximum Gasteiger partial charge on any atom is 0.230 e. The van der Waals surface area contributed by atoms with Crippen LogP contribution in [0.5, 0.6) is 0 Å². The summed E-state index contributed by atoms with van der Waals surface area (Å²) in [5, 5.41) is 6.65. The average Bonchev–Trinajstić information content (AvgIpc) is 3.15. The number of carbonyl (C=O) groups is 1. The third-order valence-electron chi connectivity index (χ3n) is 5.62. The van der Waals surface area contributed by atoms with E-state index in [1.54, 1.807) is 17.0 Å². The number of aliphatic imine (C=N–C) groups is 1. The summed E-state index contributed by atoms with van der Waals surface area (Å²) in [6, 6.07) is 6.69. The molecule has 1 aromatic rings. The van der Waals surface area contributed by atoms with Gasteiger partial charge in [-0.25, -0.2) is 4.39 Å². The number of hydrogen-bond acceptors (Lipinski definition) is 3. The second kappa shape index (κ2) is 10.6. The Hall–Kier alpha value is -2.15. The van der Waals surface area contributed by atoms with E-state index in [4.69, 9.17) is 4.99 Å². The van der Waals surface area contributed by atoms with Gasteiger partial charge in [-0.1, -0.05) is 25.0 Å². The van der Waals surface area contributed by atoms with Gasteiger partial charge >= 0.3 is 0 Å². The molecule has 0 heterocycles. The second-order valence-electron chi connectivity index (χ2n) is 8.30. The Bertz CT molecular complexity index is 698. The number of benzene rings is 1. The highest BCUT2D eigenvalue weighted by atomic mass is 19.1. The van der Waals surface area contributed by atoms with Crippen molar-refractivity contribution < 1.29 is 9.18 Å². The van der Waals surface area contributed by atoms with Crippen LogP contribution in [0.4, 0.5) is 4.39 Å². The van der Waals surface area contributed by atoms with Crippen molar-refractivity contribution in [3.63, 3.8) is 0 Å². The molecule has 29 heavy (non-hydrogen) atoms. The van der Waals surface area contributed by atoms with Crippen molar-refractivity contribution in [2.45, 2.75) is 38.6 Å². The Kier molecular flexibility index (Phi) is 8.44. The van der Waals surface area contributed by atoms with Gasteiger partial charge in [-0.05, 0) is 51.6 Å². The standard InChI is InChI=1S/C22H36FN5O/c1-6-24-21(26-16-22(12-7-8-13-22)20(29)28(4)5)25-15-19(27(2)3)17-10-9-11-18(23)14-17/h9-11,14,19H,6-8,12-13,15-16H2,1-5H3,(H2,24,25,26). The van der Waals surface area contributed by atoms with E-state index in [0.29, 0.717) is 19.0 Å². The number of amides is 1. The van der Waals surface area contributed by atoms with E-state index < -0.39 is 5.41 Å². The minimum absolute atomic E-state index is 0.00148. The molecule has 1 unspecified atom stereocenters. The van der Waals surface area contributed by atoms with Crippen molar-refractivity contribution >= 4 is 11.9 Å². The number of nitrogens with one attached hydrogen (secondary N) is 2. The van der Waals surface area contributed by atoms with Gasteiger partial charge in [0.2, 0.25) is 5.91 Å². The van der Waals surface area contributed by atoms with Crippen molar-refractivity contribution in [2.24, 2.45) is 10.4 Å². The van der Waals surface area contributed by atoms with Crippen LogP contribution in [0.15, 0.2) is 29.3 Å². The Balaban J connectivity index is 2.12. The van der Waals surface area contributed by atoms with Gasteiger partial charge in [-0.2, -0.15) is 0 Å². The molecule has 0 bridgehead atoms. The van der Waals surface area contributed by atoms with Gasteiger partial charge in [0.15, 0.2) is 5.96 Å². The molecular formula is C22H36FN5O. The summed E-state index contributed by atoms with van der Waals surface area (Å²) in [5.41, 5.74) is 0.517. The zero-order valence-corrected chi connectivity index (χ0v) is 18.5. The summed E-state index contributed by atoms with van der Waals surface area (Å²) in [6.07, 6.45) is 3.91. The Morgan fingerprint density at radius 3 is 2.45 bits per heavy atom. The van der Waals surface area contributed by atoms with E-state index in [1.807, 2.05) is 41.2 Å². The van der Waals surface area contributed by atoms with E-state index >= 15 is 0 Å². The molecule has 1 aromatic carbocycles. The van der Waals surface area contributed by atoms with Crippen LogP contribution in [0.3, 0.4) is 0 Å². The number of guanidine groups is 1. The predicted molar refractivity (Wildman–Crippen MR) is 116 cm³/mol. The fraction of sp³-hybridized carbons (Fsp3) is 0.636. The van der Waals surface area contributed by atoms with E-state index in [0.717, 1.165) is 37.8 Å². The molecule has 2 N–H and O–H groups in total. The molecule has 1 aliphatic carbocycles. The average molecular weight is 406 g/mol. The predicted octanol–water partition coefficient (Wildman–Crippen LogP) is 2.63. The van der Waals surface area contributed by atoms with Gasteiger partial charge in [0.25, 0.3) is 0 Å². The molecule has 6 nitrogen and oxygen atoms in total. The first kappa shape index (κ1) is 23.1. The van der Waals surface area contributed by atoms with Crippen molar-refractivity contribution in [3.8, 4) is 0 Å². The summed E-state index contributed by atoms with van der Waals surface area (Å²) >= 11 is 0. The van der Waals surface area contributed by atoms with Gasteiger partial charge < -0.3 is 20.4 Å². The third-order valence-corrected chi connectivity index (χ3v) is 5.62. The molecule has 0 saturated heterocycles. The van der Waals surface area contributed by atoms with Crippen molar-refractivity contribution in [1.82, 2.24) is 20.4 Å². The minimum Gasteiger partial charge on any atom is -0.357 e. The van der Waals surface area contributed by atoms with Crippen molar-refractivity contribution in [3.05, 3.63) is 35.6 Å². The number of rotatable bonds is 8. The summed E-state index contributed by atoms with van der Waals surface area (Å²) in [6.45, 7) is 3.80. The molecule has 1 atom stereocenters. The smallest absolute Gasteiger partial charge is 0.230 e. The quantitative estimate of drug-likeness (QED) is 0.516. The maximum absolute atomic E-state index is 13.7. The molecule has 1 saturated carbocycles. The fourth-order valence-electron chi connectivity index (χ4n) is 4.04. The van der Waals surface area contributed by atoms with E-state index in [1.165, 1.54) is 6.07 Å². The van der Waals surface area contributed by atoms with Crippen molar-refractivity contribution in [1.29, 1.82) is 0 Å². The lowest BCUT2D eigenvalue weighted by atomic mass is 9.85. The largest absolute Gasteiger partial charge is 0.357 e. The summed E-state index contributed by atoms with van der Waals surface area (Å²) in [7, 11) is 7.58. The highest BCUT2D eigenvalue weighted by Gasteiger charge is 2.42. The highest BCUT2D eigenvalue weighted by Crippen LogP contribution is 2.39. The van der Waals surface area contributed by atoms with Crippen LogP contribution in [0, 0.1) is 11.2 Å². The van der Waals surface area contributed by atoms with E-state index in [-0.39, 0.29) is 17.8 Å². The first-order valence-corrected chi connectivity index (χ1v) is 10.4. The number of likely N-dealkylation sites (N-methyl/N-ethyl adjacent to an activating group) is 1. The normalized spacial score (nSPS) is 17.3. The van der Waals surface area contributed by atoms with Crippen LogP contribution in [-0.2, 0) is 4.79 Å². The molecule has 0 aromatic heterocycles. The Labute approximate surface area is 174 Å². The first-order chi connectivity index (χ1) is 13.8. The number of nitrogens with zero attached hydrogens (tertiary/aromatic N) is 3. The molecule has 1 fully saturated rings. The van der Waals surface area contributed by atoms with E-state index in [2.05, 4.69) is 15.5 Å². The Morgan fingerprint density at radius 2 is 1.90 bits per heavy atom. The SMILES string of the molecule is CCNC(=NCC1(C(=O)N(C)C)CCCC1)NCC(c1cccc(F)c1)N(C)C. The molecular weight excluding hydrogens is 369 g/mol. The first-order valence-electron chi connectivity index (χ1n) is 10.4. The van der Waals surface area contributed by atoms with E-state index in [9.17, 15) is 9.18 Å². The monoisotopic (exact) mass is 405 g/mol. The van der Waals surface area contributed by atoms with Crippen LogP contribution in [0.2, 0.25) is 0 Å². The van der Waals surface area contributed by atoms with Crippen LogP contribution in [0.25, 0.3) is 0 Å². The van der Waals surface area contributed by atoms with Gasteiger partial charge in [0.05, 0.1) is 18.0 Å². The third kappa shape index (κ3) is 6.16. The fourth-order valence-corrected chi connectivity index (χ4v) is 4.04. The number of halogens is 1. The van der Waals surface area contributed by atoms with Crippen LogP contribution < -0.4 is 10.6 Å². The molecule has 1 amide bonds. The summed E-state index contributed by atoms with van der Waals surface area (Å²) in [4.78, 5) is 21.3. The van der Waals surface area contributed by atoms with Gasteiger partial charge in [0, 0.05) is 27.2 Å². The van der Waals surface area contributed by atoms with Gasteiger partial charge in [0.1, 0.15) is 5.82 Å². The zero-order valence-electron chi connectivity index (χ0n) is 18.5. The molecule has 2 rings (SSSR count). The lowest BCUT2D eigenvalue weighted by molar-refractivity contribution is -0.138. The highest BCUT2D eigenvalue weighted by molar-refractivity contribution is 5.84. The summed E-state index contributed by atoms with van der Waals surface area (Å²) < 4.78 is 13.7. The lowest BCUT2D eigenvalue weighted by Gasteiger charge is -2.30. The van der Waals surface area contributed by atoms with Gasteiger partial charge in [-0.15, -0.1) is 0 Å². The van der Waals surface area contributed by atoms with Gasteiger partial charge in [-0.3, -0.25) is 9.79 Å². The van der Waals surface area contributed by atoms with Crippen LogP contribution in [0.1, 0.15) is 44.2 Å². The molecule has 162 valence electrons. The molecule has 0 aliphatic heterocycles. The molecule has 7 heteroatoms. The lowest BCUT2D eigenvalue weighted by Crippen LogP contribution is -2.44. The molecule has 0 radical (unpaired) electrons. The minimum atomic E-state index is -0.393. The Morgan fingerprint density at radius 1 is 1.21 bits per heavy atom. The molecule has 0 spiro atoms. The second-order valence-corrected chi connectivity index (χ2v) is 8.30. The zero-order chi connectivity index (χ0) is 21.4. The number of carbonyl (C=O) groups excluding carboxylic acids is 1. The van der Waals surface area contributed by atoms with Crippen LogP contribution >= 0.6 is 0 Å². The van der Waals surface area contributed by atoms with Crippen LogP contribution in [-0.4, -0.2) is 69.5 Å². The number of hydrogen-bond donors (Lipinski definition) is 2. The van der Waals surface area contributed by atoms with Crippen molar-refractivity contribution in [2.75, 3.05) is 47.8 Å². The molecule has 1 aliphatic rings. The maximum atomic E-state index is 13.7. The summed E-state index contributed by atoms with van der Waals surface area (Å²) in [5.74, 6) is 0.620. The topological polar surface area (TPSA) is 60.0 Å².